The number of nitrogens with two attached hydrogens (primary N) is 2. The second kappa shape index (κ2) is 9.74. The van der Waals surface area contributed by atoms with E-state index in [-0.39, 0.29) is 18.8 Å². The van der Waals surface area contributed by atoms with Gasteiger partial charge in [-0.15, -0.1) is 0 Å². The number of nitrogens with one attached hydrogen (secondary N) is 2. The number of carbonyl (C=O) groups is 4. The van der Waals surface area contributed by atoms with Gasteiger partial charge in [0.1, 0.15) is 12.1 Å². The van der Waals surface area contributed by atoms with Gasteiger partial charge < -0.3 is 32.3 Å². The normalized spacial score (nSPS) is 14.7. The number of rotatable bonds is 10. The van der Waals surface area contributed by atoms with E-state index in [9.17, 15) is 19.2 Å². The van der Waals surface area contributed by atoms with Gasteiger partial charge in [-0.1, -0.05) is 13.8 Å². The number of aliphatic hydroxyl groups is 1. The molecule has 23 heavy (non-hydrogen) atoms. The quantitative estimate of drug-likeness (QED) is 0.251. The number of hydrogen-bond acceptors (Lipinski definition) is 6. The molecule has 0 saturated carbocycles. The molecule has 0 radical (unpaired) electrons. The van der Waals surface area contributed by atoms with Gasteiger partial charge in [-0.25, -0.2) is 4.79 Å². The summed E-state index contributed by atoms with van der Waals surface area (Å²) in [5.74, 6) is -3.75. The van der Waals surface area contributed by atoms with E-state index in [0.717, 1.165) is 0 Å². The molecule has 10 heteroatoms. The second-order valence-electron chi connectivity index (χ2n) is 5.42. The molecule has 0 rings (SSSR count). The van der Waals surface area contributed by atoms with E-state index >= 15 is 0 Å². The maximum atomic E-state index is 12.1. The molecular formula is C13H24N4O6. The lowest BCUT2D eigenvalue weighted by Gasteiger charge is -2.23. The molecule has 3 unspecified atom stereocenters. The van der Waals surface area contributed by atoms with Crippen LogP contribution >= 0.6 is 0 Å². The van der Waals surface area contributed by atoms with Gasteiger partial charge in [0, 0.05) is 6.42 Å². The Bertz CT molecular complexity index is 454. The van der Waals surface area contributed by atoms with Crippen molar-refractivity contribution in [3.05, 3.63) is 0 Å². The van der Waals surface area contributed by atoms with Gasteiger partial charge in [0.15, 0.2) is 0 Å². The SMILES string of the molecule is CC(C)C(N)C(=O)NC(CCC(N)=O)C(=O)NC(CO)C(=O)O. The molecule has 0 aromatic heterocycles. The number of carboxylic acids is 1. The number of carboxylic acid groups (broad SMARTS) is 1. The molecule has 8 N–H and O–H groups in total. The van der Waals surface area contributed by atoms with Crippen LogP contribution in [0.25, 0.3) is 0 Å². The van der Waals surface area contributed by atoms with Crippen LogP contribution < -0.4 is 22.1 Å². The van der Waals surface area contributed by atoms with Crippen molar-refractivity contribution in [1.29, 1.82) is 0 Å². The molecule has 0 heterocycles. The maximum Gasteiger partial charge on any atom is 0.328 e. The van der Waals surface area contributed by atoms with Crippen LogP contribution in [0.1, 0.15) is 26.7 Å². The van der Waals surface area contributed by atoms with E-state index in [0.29, 0.717) is 0 Å². The molecule has 0 fully saturated rings. The van der Waals surface area contributed by atoms with E-state index in [4.69, 9.17) is 21.7 Å². The lowest BCUT2D eigenvalue weighted by molar-refractivity contribution is -0.143. The summed E-state index contributed by atoms with van der Waals surface area (Å²) >= 11 is 0. The Morgan fingerprint density at radius 3 is 1.96 bits per heavy atom. The summed E-state index contributed by atoms with van der Waals surface area (Å²) in [6.45, 7) is 2.62. The smallest absolute Gasteiger partial charge is 0.328 e. The highest BCUT2D eigenvalue weighted by Gasteiger charge is 2.28. The molecule has 0 aromatic carbocycles. The average Bonchev–Trinajstić information content (AvgIpc) is 2.46. The Morgan fingerprint density at radius 2 is 1.57 bits per heavy atom. The van der Waals surface area contributed by atoms with Crippen molar-refractivity contribution in [3.8, 4) is 0 Å². The summed E-state index contributed by atoms with van der Waals surface area (Å²) in [6.07, 6.45) is -0.304. The van der Waals surface area contributed by atoms with Crippen LogP contribution in [0.4, 0.5) is 0 Å². The molecule has 0 spiro atoms. The van der Waals surface area contributed by atoms with E-state index in [1.165, 1.54) is 0 Å². The lowest BCUT2D eigenvalue weighted by Crippen LogP contribution is -2.56. The summed E-state index contributed by atoms with van der Waals surface area (Å²) in [7, 11) is 0. The van der Waals surface area contributed by atoms with Crippen LogP contribution in [0.2, 0.25) is 0 Å². The summed E-state index contributed by atoms with van der Waals surface area (Å²) in [6, 6.07) is -3.57. The Labute approximate surface area is 133 Å². The van der Waals surface area contributed by atoms with Gasteiger partial charge in [0.25, 0.3) is 0 Å². The minimum atomic E-state index is -1.52. The predicted molar refractivity (Wildman–Crippen MR) is 79.8 cm³/mol. The Balaban J connectivity index is 4.98. The first-order valence-corrected chi connectivity index (χ1v) is 7.08. The Morgan fingerprint density at radius 1 is 1.04 bits per heavy atom. The van der Waals surface area contributed by atoms with Crippen LogP contribution in [0.5, 0.6) is 0 Å². The third-order valence-corrected chi connectivity index (χ3v) is 3.13. The molecule has 0 aliphatic rings. The molecule has 10 nitrogen and oxygen atoms in total. The van der Waals surface area contributed by atoms with Crippen molar-refractivity contribution in [1.82, 2.24) is 10.6 Å². The minimum absolute atomic E-state index is 0.116. The van der Waals surface area contributed by atoms with Gasteiger partial charge in [-0.3, -0.25) is 14.4 Å². The van der Waals surface area contributed by atoms with Crippen molar-refractivity contribution >= 4 is 23.7 Å². The number of amides is 3. The molecule has 3 atom stereocenters. The minimum Gasteiger partial charge on any atom is -0.480 e. The maximum absolute atomic E-state index is 12.1. The topological polar surface area (TPSA) is 185 Å². The molecule has 3 amide bonds. The molecule has 0 aliphatic heterocycles. The van der Waals surface area contributed by atoms with Gasteiger partial charge in [-0.05, 0) is 12.3 Å². The summed E-state index contributed by atoms with van der Waals surface area (Å²) in [5, 5.41) is 22.2. The average molecular weight is 332 g/mol. The zero-order chi connectivity index (χ0) is 18.2. The number of carbonyl (C=O) groups excluding carboxylic acids is 3. The first-order valence-electron chi connectivity index (χ1n) is 7.08. The first kappa shape index (κ1) is 20.8. The fourth-order valence-corrected chi connectivity index (χ4v) is 1.58. The van der Waals surface area contributed by atoms with E-state index in [1.807, 2.05) is 0 Å². The highest BCUT2D eigenvalue weighted by atomic mass is 16.4. The van der Waals surface area contributed by atoms with Crippen LogP contribution in [-0.4, -0.2) is 58.6 Å². The zero-order valence-corrected chi connectivity index (χ0v) is 13.1. The molecule has 0 aliphatic carbocycles. The van der Waals surface area contributed by atoms with Crippen molar-refractivity contribution in [3.63, 3.8) is 0 Å². The summed E-state index contributed by atoms with van der Waals surface area (Å²) in [5.41, 5.74) is 10.7. The van der Waals surface area contributed by atoms with Gasteiger partial charge in [-0.2, -0.15) is 0 Å². The highest BCUT2D eigenvalue weighted by Crippen LogP contribution is 2.03. The van der Waals surface area contributed by atoms with E-state index in [2.05, 4.69) is 10.6 Å². The van der Waals surface area contributed by atoms with Crippen molar-refractivity contribution < 1.29 is 29.4 Å². The Kier molecular flexibility index (Phi) is 8.81. The summed E-state index contributed by atoms with van der Waals surface area (Å²) < 4.78 is 0. The molecule has 0 bridgehead atoms. The monoisotopic (exact) mass is 332 g/mol. The molecular weight excluding hydrogens is 308 g/mol. The second-order valence-corrected chi connectivity index (χ2v) is 5.42. The van der Waals surface area contributed by atoms with Crippen molar-refractivity contribution in [2.75, 3.05) is 6.61 Å². The van der Waals surface area contributed by atoms with E-state index in [1.54, 1.807) is 13.8 Å². The number of aliphatic hydroxyl groups excluding tert-OH is 1. The fourth-order valence-electron chi connectivity index (χ4n) is 1.58. The van der Waals surface area contributed by atoms with Crippen molar-refractivity contribution in [2.24, 2.45) is 17.4 Å². The first-order chi connectivity index (χ1) is 10.6. The number of primary amides is 1. The Hall–Kier alpha value is -2.20. The number of hydrogen-bond donors (Lipinski definition) is 6. The van der Waals surface area contributed by atoms with Crippen LogP contribution in [0.3, 0.4) is 0 Å². The number of aliphatic carboxylic acids is 1. The van der Waals surface area contributed by atoms with Crippen molar-refractivity contribution in [2.45, 2.75) is 44.8 Å². The third kappa shape index (κ3) is 7.56. The van der Waals surface area contributed by atoms with Crippen LogP contribution in [0.15, 0.2) is 0 Å². The fraction of sp³-hybridized carbons (Fsp3) is 0.692. The van der Waals surface area contributed by atoms with E-state index < -0.39 is 48.4 Å². The van der Waals surface area contributed by atoms with Crippen LogP contribution in [-0.2, 0) is 19.2 Å². The van der Waals surface area contributed by atoms with Gasteiger partial charge in [0.2, 0.25) is 17.7 Å². The highest BCUT2D eigenvalue weighted by molar-refractivity contribution is 5.92. The summed E-state index contributed by atoms with van der Waals surface area (Å²) in [4.78, 5) is 45.7. The third-order valence-electron chi connectivity index (χ3n) is 3.13. The van der Waals surface area contributed by atoms with Crippen LogP contribution in [0, 0.1) is 5.92 Å². The lowest BCUT2D eigenvalue weighted by atomic mass is 10.0. The largest absolute Gasteiger partial charge is 0.480 e. The van der Waals surface area contributed by atoms with Gasteiger partial charge >= 0.3 is 5.97 Å². The standard InChI is InChI=1S/C13H24N4O6/c1-6(2)10(15)12(21)16-7(3-4-9(14)19)11(20)17-8(5-18)13(22)23/h6-8,10,18H,3-5,15H2,1-2H3,(H2,14,19)(H,16,21)(H,17,20)(H,22,23). The van der Waals surface area contributed by atoms with Gasteiger partial charge in [0.05, 0.1) is 12.6 Å². The molecule has 132 valence electrons. The predicted octanol–water partition coefficient (Wildman–Crippen LogP) is -2.72. The zero-order valence-electron chi connectivity index (χ0n) is 13.1. The molecule has 0 aromatic rings. The molecule has 0 saturated heterocycles.